The van der Waals surface area contributed by atoms with E-state index in [0.29, 0.717) is 5.75 Å². The highest BCUT2D eigenvalue weighted by atomic mass is 35.5. The summed E-state index contributed by atoms with van der Waals surface area (Å²) in [4.78, 5) is -0.0405. The van der Waals surface area contributed by atoms with Crippen LogP contribution < -0.4 is 15.2 Å². The van der Waals surface area contributed by atoms with Crippen molar-refractivity contribution in [1.82, 2.24) is 0 Å². The number of hydrogen-bond donors (Lipinski definition) is 2. The van der Waals surface area contributed by atoms with E-state index in [9.17, 15) is 12.8 Å². The molecule has 0 fully saturated rings. The number of nitrogens with two attached hydrogens (primary N) is 1. The molecule has 3 N–H and O–H groups in total. The van der Waals surface area contributed by atoms with Gasteiger partial charge in [-0.1, -0.05) is 11.6 Å². The second-order valence-corrected chi connectivity index (χ2v) is 6.23. The van der Waals surface area contributed by atoms with Crippen molar-refractivity contribution in [3.05, 3.63) is 47.2 Å². The molecule has 8 heteroatoms. The number of halogens is 2. The summed E-state index contributed by atoms with van der Waals surface area (Å²) in [6.07, 6.45) is 0. The highest BCUT2D eigenvalue weighted by molar-refractivity contribution is 7.92. The first-order chi connectivity index (χ1) is 9.83. The van der Waals surface area contributed by atoms with Gasteiger partial charge in [0.1, 0.15) is 11.6 Å². The van der Waals surface area contributed by atoms with Crippen molar-refractivity contribution in [2.45, 2.75) is 4.90 Å². The number of sulfonamides is 1. The van der Waals surface area contributed by atoms with E-state index in [1.54, 1.807) is 0 Å². The van der Waals surface area contributed by atoms with E-state index in [4.69, 9.17) is 22.1 Å². The predicted octanol–water partition coefficient (Wildman–Crippen LogP) is 2.87. The third-order valence-corrected chi connectivity index (χ3v) is 4.35. The zero-order valence-electron chi connectivity index (χ0n) is 10.9. The highest BCUT2D eigenvalue weighted by Gasteiger charge is 2.16. The SMILES string of the molecule is COc1ccc(S(=O)(=O)Nc2ccc(F)c(Cl)c2)cc1N. The maximum Gasteiger partial charge on any atom is 0.261 e. The summed E-state index contributed by atoms with van der Waals surface area (Å²) in [6, 6.07) is 7.59. The Balaban J connectivity index is 2.33. The summed E-state index contributed by atoms with van der Waals surface area (Å²) in [5.41, 5.74) is 6.02. The van der Waals surface area contributed by atoms with Crippen molar-refractivity contribution >= 4 is 33.0 Å². The lowest BCUT2D eigenvalue weighted by molar-refractivity contribution is 0.416. The molecule has 0 amide bonds. The monoisotopic (exact) mass is 330 g/mol. The first-order valence-electron chi connectivity index (χ1n) is 5.75. The Kier molecular flexibility index (Phi) is 4.24. The van der Waals surface area contributed by atoms with E-state index in [-0.39, 0.29) is 21.3 Å². The van der Waals surface area contributed by atoms with Gasteiger partial charge in [-0.2, -0.15) is 0 Å². The number of anilines is 2. The molecule has 21 heavy (non-hydrogen) atoms. The quantitative estimate of drug-likeness (QED) is 0.845. The van der Waals surface area contributed by atoms with Crippen LogP contribution in [0.3, 0.4) is 0 Å². The van der Waals surface area contributed by atoms with Gasteiger partial charge >= 0.3 is 0 Å². The zero-order valence-corrected chi connectivity index (χ0v) is 12.5. The Morgan fingerprint density at radius 1 is 1.24 bits per heavy atom. The molecular weight excluding hydrogens is 319 g/mol. The Labute approximate surface area is 126 Å². The molecule has 2 rings (SSSR count). The van der Waals surface area contributed by atoms with Gasteiger partial charge in [-0.3, -0.25) is 4.72 Å². The van der Waals surface area contributed by atoms with Crippen LogP contribution in [0.5, 0.6) is 5.75 Å². The summed E-state index contributed by atoms with van der Waals surface area (Å²) in [5, 5.41) is -0.176. The third-order valence-electron chi connectivity index (χ3n) is 2.68. The van der Waals surface area contributed by atoms with E-state index >= 15 is 0 Å². The Hall–Kier alpha value is -1.99. The van der Waals surface area contributed by atoms with Gasteiger partial charge in [0, 0.05) is 0 Å². The number of nitrogen functional groups attached to an aromatic ring is 1. The smallest absolute Gasteiger partial charge is 0.261 e. The van der Waals surface area contributed by atoms with Crippen molar-refractivity contribution < 1.29 is 17.5 Å². The lowest BCUT2D eigenvalue weighted by Crippen LogP contribution is -2.13. The van der Waals surface area contributed by atoms with Gasteiger partial charge in [-0.25, -0.2) is 12.8 Å². The summed E-state index contributed by atoms with van der Waals surface area (Å²) in [6.45, 7) is 0. The number of rotatable bonds is 4. The minimum Gasteiger partial charge on any atom is -0.495 e. The van der Waals surface area contributed by atoms with Crippen LogP contribution >= 0.6 is 11.6 Å². The van der Waals surface area contributed by atoms with Crippen LogP contribution in [0.1, 0.15) is 0 Å². The van der Waals surface area contributed by atoms with Crippen LogP contribution in [-0.4, -0.2) is 15.5 Å². The van der Waals surface area contributed by atoms with Crippen LogP contribution in [0, 0.1) is 5.82 Å². The Bertz CT molecular complexity index is 781. The number of nitrogens with one attached hydrogen (secondary N) is 1. The predicted molar refractivity (Wildman–Crippen MR) is 79.6 cm³/mol. The van der Waals surface area contributed by atoms with Crippen LogP contribution in [0.25, 0.3) is 0 Å². The van der Waals surface area contributed by atoms with Crippen LogP contribution in [-0.2, 0) is 10.0 Å². The average Bonchev–Trinajstić information content (AvgIpc) is 2.42. The molecule has 0 atom stereocenters. The highest BCUT2D eigenvalue weighted by Crippen LogP contribution is 2.26. The fourth-order valence-corrected chi connectivity index (χ4v) is 2.92. The lowest BCUT2D eigenvalue weighted by atomic mass is 10.3. The number of ether oxygens (including phenoxy) is 1. The minimum absolute atomic E-state index is 0.0405. The van der Waals surface area contributed by atoms with Crippen LogP contribution in [0.15, 0.2) is 41.3 Å². The normalized spacial score (nSPS) is 11.2. The Morgan fingerprint density at radius 3 is 2.52 bits per heavy atom. The molecule has 0 saturated heterocycles. The van der Waals surface area contributed by atoms with Gasteiger partial charge in [0.05, 0.1) is 28.4 Å². The molecule has 2 aromatic rings. The number of hydrogen-bond acceptors (Lipinski definition) is 4. The second-order valence-electron chi connectivity index (χ2n) is 4.14. The molecule has 112 valence electrons. The molecule has 0 aliphatic rings. The van der Waals surface area contributed by atoms with Crippen LogP contribution in [0.4, 0.5) is 15.8 Å². The van der Waals surface area contributed by atoms with Crippen LogP contribution in [0.2, 0.25) is 5.02 Å². The van der Waals surface area contributed by atoms with E-state index in [2.05, 4.69) is 4.72 Å². The molecular formula is C13H12ClFN2O3S. The molecule has 0 aromatic heterocycles. The summed E-state index contributed by atoms with van der Waals surface area (Å²) >= 11 is 5.61. The van der Waals surface area contributed by atoms with Crippen molar-refractivity contribution in [3.8, 4) is 5.75 Å². The summed E-state index contributed by atoms with van der Waals surface area (Å²) in [5.74, 6) is -0.257. The zero-order chi connectivity index (χ0) is 15.6. The van der Waals surface area contributed by atoms with E-state index in [0.717, 1.165) is 6.07 Å². The fourth-order valence-electron chi connectivity index (χ4n) is 1.65. The Morgan fingerprint density at radius 2 is 1.95 bits per heavy atom. The standard InChI is InChI=1S/C13H12ClFN2O3S/c1-20-13-5-3-9(7-12(13)16)21(18,19)17-8-2-4-11(15)10(14)6-8/h2-7,17H,16H2,1H3. The van der Waals surface area contributed by atoms with Gasteiger partial charge in [0.2, 0.25) is 0 Å². The largest absolute Gasteiger partial charge is 0.495 e. The molecule has 0 heterocycles. The van der Waals surface area contributed by atoms with Gasteiger partial charge in [-0.15, -0.1) is 0 Å². The van der Waals surface area contributed by atoms with E-state index in [1.807, 2.05) is 0 Å². The summed E-state index contributed by atoms with van der Waals surface area (Å²) in [7, 11) is -2.43. The molecule has 0 spiro atoms. The van der Waals surface area contributed by atoms with Crippen molar-refractivity contribution in [3.63, 3.8) is 0 Å². The molecule has 0 aliphatic carbocycles. The second kappa shape index (κ2) is 5.79. The van der Waals surface area contributed by atoms with Crippen molar-refractivity contribution in [2.24, 2.45) is 0 Å². The van der Waals surface area contributed by atoms with Gasteiger partial charge < -0.3 is 10.5 Å². The maximum absolute atomic E-state index is 13.1. The molecule has 0 saturated carbocycles. The number of benzene rings is 2. The molecule has 0 aliphatic heterocycles. The van der Waals surface area contributed by atoms with Crippen molar-refractivity contribution in [2.75, 3.05) is 17.6 Å². The molecule has 2 aromatic carbocycles. The fraction of sp³-hybridized carbons (Fsp3) is 0.0769. The third kappa shape index (κ3) is 3.37. The van der Waals surface area contributed by atoms with E-state index < -0.39 is 15.8 Å². The maximum atomic E-state index is 13.1. The van der Waals surface area contributed by atoms with Gasteiger partial charge in [0.25, 0.3) is 10.0 Å². The summed E-state index contributed by atoms with van der Waals surface area (Å²) < 4.78 is 44.7. The topological polar surface area (TPSA) is 81.4 Å². The average molecular weight is 331 g/mol. The molecule has 5 nitrogen and oxygen atoms in total. The molecule has 0 bridgehead atoms. The first kappa shape index (κ1) is 15.4. The van der Waals surface area contributed by atoms with Gasteiger partial charge in [0.15, 0.2) is 0 Å². The first-order valence-corrected chi connectivity index (χ1v) is 7.61. The van der Waals surface area contributed by atoms with Crippen molar-refractivity contribution in [1.29, 1.82) is 0 Å². The molecule has 0 unspecified atom stereocenters. The minimum atomic E-state index is -3.86. The van der Waals surface area contributed by atoms with E-state index in [1.165, 1.54) is 37.4 Å². The molecule has 0 radical (unpaired) electrons. The van der Waals surface area contributed by atoms with Gasteiger partial charge in [-0.05, 0) is 36.4 Å². The lowest BCUT2D eigenvalue weighted by Gasteiger charge is -2.10. The number of methoxy groups -OCH3 is 1.